The summed E-state index contributed by atoms with van der Waals surface area (Å²) in [7, 11) is -3.13. The molecule has 1 N–H and O–H groups in total. The lowest BCUT2D eigenvalue weighted by Crippen LogP contribution is -2.25. The van der Waals surface area contributed by atoms with Crippen LogP contribution in [0, 0.1) is 11.6 Å². The number of rotatable bonds is 6. The second-order valence-corrected chi connectivity index (χ2v) is 7.21. The monoisotopic (exact) mass is 415 g/mol. The Balaban J connectivity index is 2.11. The van der Waals surface area contributed by atoms with Gasteiger partial charge < -0.3 is 4.74 Å². The first-order valence-electron chi connectivity index (χ1n) is 7.72. The van der Waals surface area contributed by atoms with Crippen LogP contribution in [-0.4, -0.2) is 25.4 Å². The average Bonchev–Trinajstić information content (AvgIpc) is 3.05. The van der Waals surface area contributed by atoms with Crippen molar-refractivity contribution >= 4 is 10.0 Å². The molecule has 11 heteroatoms. The van der Waals surface area contributed by atoms with Crippen molar-refractivity contribution in [3.05, 3.63) is 65.9 Å². The van der Waals surface area contributed by atoms with Crippen LogP contribution < -0.4 is 9.57 Å². The van der Waals surface area contributed by atoms with Gasteiger partial charge in [0.15, 0.2) is 17.4 Å². The van der Waals surface area contributed by atoms with Gasteiger partial charge >= 0.3 is 0 Å². The van der Waals surface area contributed by atoms with Gasteiger partial charge in [-0.15, -0.1) is 0 Å². The molecule has 0 aliphatic carbocycles. The lowest BCUT2D eigenvalue weighted by Gasteiger charge is -2.12. The fraction of sp³-hybridized carbons (Fsp3) is 0.118. The van der Waals surface area contributed by atoms with Gasteiger partial charge in [0.25, 0.3) is 16.4 Å². The van der Waals surface area contributed by atoms with Gasteiger partial charge in [-0.3, -0.25) is 0 Å². The van der Waals surface area contributed by atoms with Crippen LogP contribution in [0.1, 0.15) is 12.1 Å². The molecular weight excluding hydrogens is 402 g/mol. The van der Waals surface area contributed by atoms with Crippen molar-refractivity contribution in [2.45, 2.75) is 11.3 Å². The number of aromatic nitrogens is 2. The standard InChI is InChI=1S/C17H13F4N3O3S/c1-27-16-12(18)7-10(8-13(16)19)15-9-14(17(20)21)22-24(15)23-28(25,26)11-5-3-2-4-6-11/h2-9,17,23H,1H3. The number of halogens is 4. The first-order chi connectivity index (χ1) is 13.2. The number of benzene rings is 2. The number of alkyl halides is 2. The molecule has 3 rings (SSSR count). The minimum atomic E-state index is -4.20. The second-order valence-electron chi connectivity index (χ2n) is 5.55. The molecule has 0 unspecified atom stereocenters. The van der Waals surface area contributed by atoms with E-state index < -0.39 is 39.5 Å². The minimum absolute atomic E-state index is 0.151. The number of nitrogens with one attached hydrogen (secondary N) is 1. The molecule has 0 fully saturated rings. The number of hydrogen-bond acceptors (Lipinski definition) is 4. The zero-order valence-corrected chi connectivity index (χ0v) is 15.1. The summed E-state index contributed by atoms with van der Waals surface area (Å²) in [4.78, 5) is 2.39. The van der Waals surface area contributed by atoms with Gasteiger partial charge in [0.1, 0.15) is 5.69 Å². The molecule has 28 heavy (non-hydrogen) atoms. The Morgan fingerprint density at radius 3 is 2.21 bits per heavy atom. The zero-order valence-electron chi connectivity index (χ0n) is 14.2. The molecule has 0 bridgehead atoms. The van der Waals surface area contributed by atoms with E-state index in [1.807, 2.05) is 4.83 Å². The van der Waals surface area contributed by atoms with Gasteiger partial charge in [-0.05, 0) is 30.3 Å². The molecule has 0 atom stereocenters. The highest BCUT2D eigenvalue weighted by Gasteiger charge is 2.23. The van der Waals surface area contributed by atoms with Gasteiger partial charge in [0.05, 0.1) is 17.7 Å². The summed E-state index contributed by atoms with van der Waals surface area (Å²) in [6.45, 7) is 0. The molecule has 6 nitrogen and oxygen atoms in total. The van der Waals surface area contributed by atoms with Gasteiger partial charge in [0.2, 0.25) is 0 Å². The quantitative estimate of drug-likeness (QED) is 0.623. The lowest BCUT2D eigenvalue weighted by atomic mass is 10.1. The average molecular weight is 415 g/mol. The highest BCUT2D eigenvalue weighted by Crippen LogP contribution is 2.31. The van der Waals surface area contributed by atoms with E-state index in [9.17, 15) is 26.0 Å². The number of hydrogen-bond donors (Lipinski definition) is 1. The van der Waals surface area contributed by atoms with E-state index in [0.717, 1.165) is 25.3 Å². The third-order valence-electron chi connectivity index (χ3n) is 3.71. The van der Waals surface area contributed by atoms with E-state index in [2.05, 4.69) is 9.84 Å². The number of sulfonamides is 1. The van der Waals surface area contributed by atoms with E-state index in [0.29, 0.717) is 4.79 Å². The largest absolute Gasteiger partial charge is 0.491 e. The molecular formula is C17H13F4N3O3S. The van der Waals surface area contributed by atoms with Crippen LogP contribution in [0.2, 0.25) is 0 Å². The molecule has 0 saturated carbocycles. The Morgan fingerprint density at radius 2 is 1.68 bits per heavy atom. The first kappa shape index (κ1) is 19.7. The molecule has 0 radical (unpaired) electrons. The molecule has 0 aliphatic rings. The first-order valence-corrected chi connectivity index (χ1v) is 9.20. The van der Waals surface area contributed by atoms with Crippen molar-refractivity contribution in [3.63, 3.8) is 0 Å². The van der Waals surface area contributed by atoms with Crippen LogP contribution in [0.25, 0.3) is 11.3 Å². The summed E-state index contributed by atoms with van der Waals surface area (Å²) < 4.78 is 83.7. The zero-order chi connectivity index (χ0) is 20.5. The van der Waals surface area contributed by atoms with Crippen LogP contribution in [0.5, 0.6) is 5.75 Å². The predicted molar refractivity (Wildman–Crippen MR) is 92.1 cm³/mol. The fourth-order valence-electron chi connectivity index (χ4n) is 2.45. The van der Waals surface area contributed by atoms with Crippen molar-refractivity contribution in [2.24, 2.45) is 0 Å². The van der Waals surface area contributed by atoms with Gasteiger partial charge in [-0.2, -0.15) is 23.1 Å². The van der Waals surface area contributed by atoms with Gasteiger partial charge in [0, 0.05) is 5.56 Å². The summed E-state index contributed by atoms with van der Waals surface area (Å²) in [6, 6.07) is 9.57. The van der Waals surface area contributed by atoms with E-state index in [4.69, 9.17) is 0 Å². The maximum Gasteiger partial charge on any atom is 0.282 e. The SMILES string of the molecule is COc1c(F)cc(-c2cc(C(F)F)nn2NS(=O)(=O)c2ccccc2)cc1F. The Morgan fingerprint density at radius 1 is 1.07 bits per heavy atom. The molecule has 3 aromatic rings. The molecule has 0 aliphatic heterocycles. The number of nitrogens with zero attached hydrogens (tertiary/aromatic N) is 2. The van der Waals surface area contributed by atoms with Crippen molar-refractivity contribution in [2.75, 3.05) is 11.9 Å². The van der Waals surface area contributed by atoms with Crippen molar-refractivity contribution < 1.29 is 30.7 Å². The van der Waals surface area contributed by atoms with Gasteiger partial charge in [-0.25, -0.2) is 17.6 Å². The highest BCUT2D eigenvalue weighted by molar-refractivity contribution is 7.92. The van der Waals surface area contributed by atoms with E-state index in [1.165, 1.54) is 24.3 Å². The van der Waals surface area contributed by atoms with Crippen molar-refractivity contribution in [1.82, 2.24) is 9.89 Å². The molecule has 1 aromatic heterocycles. The Kier molecular flexibility index (Phi) is 5.27. The van der Waals surface area contributed by atoms with Gasteiger partial charge in [-0.1, -0.05) is 18.2 Å². The number of ether oxygens (including phenoxy) is 1. The Bertz CT molecular complexity index is 1080. The van der Waals surface area contributed by atoms with E-state index in [1.54, 1.807) is 6.07 Å². The van der Waals surface area contributed by atoms with Crippen molar-refractivity contribution in [3.8, 4) is 17.0 Å². The predicted octanol–water partition coefficient (Wildman–Crippen LogP) is 3.71. The van der Waals surface area contributed by atoms with Crippen LogP contribution in [-0.2, 0) is 10.0 Å². The second kappa shape index (κ2) is 7.50. The molecule has 0 amide bonds. The maximum atomic E-state index is 14.0. The molecule has 0 saturated heterocycles. The van der Waals surface area contributed by atoms with Crippen LogP contribution in [0.15, 0.2) is 53.4 Å². The van der Waals surface area contributed by atoms with Crippen LogP contribution >= 0.6 is 0 Å². The fourth-order valence-corrected chi connectivity index (χ4v) is 3.44. The number of methoxy groups -OCH3 is 1. The summed E-state index contributed by atoms with van der Waals surface area (Å²) in [5.41, 5.74) is -1.27. The lowest BCUT2D eigenvalue weighted by molar-refractivity contribution is 0.145. The van der Waals surface area contributed by atoms with Crippen LogP contribution in [0.3, 0.4) is 0 Å². The molecule has 1 heterocycles. The highest BCUT2D eigenvalue weighted by atomic mass is 32.2. The molecule has 148 valence electrons. The molecule has 0 spiro atoms. The third-order valence-corrected chi connectivity index (χ3v) is 5.02. The van der Waals surface area contributed by atoms with E-state index in [-0.39, 0.29) is 16.2 Å². The van der Waals surface area contributed by atoms with Crippen LogP contribution in [0.4, 0.5) is 17.6 Å². The Hall–Kier alpha value is -3.08. The smallest absolute Gasteiger partial charge is 0.282 e. The summed E-state index contributed by atoms with van der Waals surface area (Å²) >= 11 is 0. The van der Waals surface area contributed by atoms with Crippen molar-refractivity contribution in [1.29, 1.82) is 0 Å². The summed E-state index contributed by atoms with van der Waals surface area (Å²) in [5.74, 6) is -2.83. The Labute approximate surface area is 157 Å². The topological polar surface area (TPSA) is 73.2 Å². The normalized spacial score (nSPS) is 11.6. The minimum Gasteiger partial charge on any atom is -0.491 e. The maximum absolute atomic E-state index is 14.0. The van der Waals surface area contributed by atoms with E-state index >= 15 is 0 Å². The molecule has 2 aromatic carbocycles. The summed E-state index contributed by atoms with van der Waals surface area (Å²) in [5, 5.41) is 3.50. The third kappa shape index (κ3) is 3.79. The summed E-state index contributed by atoms with van der Waals surface area (Å²) in [6.07, 6.45) is -3.03.